The number of carbonyl (C=O) groups excluding carboxylic acids is 1. The van der Waals surface area contributed by atoms with E-state index >= 15 is 0 Å². The van der Waals surface area contributed by atoms with Crippen LogP contribution in [0.5, 0.6) is 5.75 Å². The molecule has 1 aliphatic rings. The predicted molar refractivity (Wildman–Crippen MR) is 110 cm³/mol. The molecule has 1 aromatic carbocycles. The zero-order valence-electron chi connectivity index (χ0n) is 17.8. The molecule has 0 aliphatic carbocycles. The summed E-state index contributed by atoms with van der Waals surface area (Å²) in [5.41, 5.74) is 0.686. The first kappa shape index (κ1) is 24.1. The third kappa shape index (κ3) is 5.08. The number of carbonyl (C=O) groups is 1. The number of methoxy groups -OCH3 is 1. The standard InChI is InChI=1S/C20H24F3N3O5S/c1-13-10-16(14(2)26(13)12-20(21,22)23)19(27)24-15-4-5-17(30-3)18(11-15)32(28,29)25-6-8-31-9-7-25/h4-5,10-11H,6-9,12H2,1-3H3,(H,24,27). The van der Waals surface area contributed by atoms with Crippen LogP contribution in [-0.4, -0.2) is 62.8 Å². The first-order valence-corrected chi connectivity index (χ1v) is 11.2. The predicted octanol–water partition coefficient (Wildman–Crippen LogP) is 2.95. The van der Waals surface area contributed by atoms with Crippen molar-refractivity contribution in [2.45, 2.75) is 31.5 Å². The molecule has 1 N–H and O–H groups in total. The summed E-state index contributed by atoms with van der Waals surface area (Å²) in [5.74, 6) is -0.538. The van der Waals surface area contributed by atoms with E-state index in [1.165, 1.54) is 49.5 Å². The van der Waals surface area contributed by atoms with Crippen LogP contribution in [0.1, 0.15) is 21.7 Å². The number of hydrogen-bond donors (Lipinski definition) is 1. The first-order valence-electron chi connectivity index (χ1n) is 9.75. The number of nitrogens with one attached hydrogen (secondary N) is 1. The lowest BCUT2D eigenvalue weighted by atomic mass is 10.2. The summed E-state index contributed by atoms with van der Waals surface area (Å²) in [6.07, 6.45) is -4.43. The molecule has 0 atom stereocenters. The van der Waals surface area contributed by atoms with Gasteiger partial charge >= 0.3 is 6.18 Å². The van der Waals surface area contributed by atoms with Crippen molar-refractivity contribution in [3.63, 3.8) is 0 Å². The van der Waals surface area contributed by atoms with Gasteiger partial charge in [-0.15, -0.1) is 0 Å². The maximum Gasteiger partial charge on any atom is 0.406 e. The molecule has 176 valence electrons. The number of aromatic nitrogens is 1. The number of anilines is 1. The minimum Gasteiger partial charge on any atom is -0.495 e. The summed E-state index contributed by atoms with van der Waals surface area (Å²) in [7, 11) is -2.58. The van der Waals surface area contributed by atoms with Crippen LogP contribution in [0.3, 0.4) is 0 Å². The molecule has 2 heterocycles. The summed E-state index contributed by atoms with van der Waals surface area (Å²) in [6, 6.07) is 5.52. The molecule has 1 aliphatic heterocycles. The number of rotatable bonds is 6. The van der Waals surface area contributed by atoms with Crippen LogP contribution >= 0.6 is 0 Å². The molecule has 1 saturated heterocycles. The number of sulfonamides is 1. The number of alkyl halides is 3. The van der Waals surface area contributed by atoms with E-state index in [4.69, 9.17) is 9.47 Å². The van der Waals surface area contributed by atoms with Crippen molar-refractivity contribution in [3.05, 3.63) is 41.2 Å². The molecule has 0 saturated carbocycles. The van der Waals surface area contributed by atoms with Gasteiger partial charge in [0.05, 0.1) is 25.9 Å². The van der Waals surface area contributed by atoms with Crippen LogP contribution in [0.4, 0.5) is 18.9 Å². The molecule has 1 fully saturated rings. The van der Waals surface area contributed by atoms with E-state index in [-0.39, 0.29) is 59.6 Å². The summed E-state index contributed by atoms with van der Waals surface area (Å²) >= 11 is 0. The summed E-state index contributed by atoms with van der Waals surface area (Å²) < 4.78 is 77.3. The zero-order chi connectivity index (χ0) is 23.7. The summed E-state index contributed by atoms with van der Waals surface area (Å²) in [5, 5.41) is 2.57. The average Bonchev–Trinajstić information content (AvgIpc) is 3.01. The average molecular weight is 475 g/mol. The van der Waals surface area contributed by atoms with Gasteiger partial charge in [-0.1, -0.05) is 0 Å². The number of amides is 1. The SMILES string of the molecule is COc1ccc(NC(=O)c2cc(C)n(CC(F)(F)F)c2C)cc1S(=O)(=O)N1CCOCC1. The van der Waals surface area contributed by atoms with Crippen molar-refractivity contribution in [3.8, 4) is 5.75 Å². The fourth-order valence-corrected chi connectivity index (χ4v) is 5.12. The molecule has 0 spiro atoms. The molecule has 12 heteroatoms. The highest BCUT2D eigenvalue weighted by Crippen LogP contribution is 2.31. The molecule has 8 nitrogen and oxygen atoms in total. The molecular formula is C20H24F3N3O5S. The Morgan fingerprint density at radius 2 is 1.84 bits per heavy atom. The van der Waals surface area contributed by atoms with Crippen molar-refractivity contribution in [1.82, 2.24) is 8.87 Å². The van der Waals surface area contributed by atoms with Gasteiger partial charge in [0.15, 0.2) is 0 Å². The Kier molecular flexibility index (Phi) is 6.86. The maximum atomic E-state index is 13.1. The highest BCUT2D eigenvalue weighted by molar-refractivity contribution is 7.89. The van der Waals surface area contributed by atoms with Crippen LogP contribution in [0, 0.1) is 13.8 Å². The summed E-state index contributed by atoms with van der Waals surface area (Å²) in [6.45, 7) is 2.62. The topological polar surface area (TPSA) is 89.9 Å². The van der Waals surface area contributed by atoms with E-state index in [0.717, 1.165) is 4.57 Å². The number of hydrogen-bond acceptors (Lipinski definition) is 5. The fraction of sp³-hybridized carbons (Fsp3) is 0.450. The fourth-order valence-electron chi connectivity index (χ4n) is 3.53. The molecule has 2 aromatic rings. The Labute approximate surface area is 184 Å². The van der Waals surface area contributed by atoms with Gasteiger partial charge in [0.1, 0.15) is 17.2 Å². The Bertz CT molecular complexity index is 1110. The normalized spacial score (nSPS) is 15.6. The molecule has 1 amide bonds. The zero-order valence-corrected chi connectivity index (χ0v) is 18.6. The van der Waals surface area contributed by atoms with Crippen LogP contribution in [0.2, 0.25) is 0 Å². The minimum atomic E-state index is -4.43. The monoisotopic (exact) mass is 475 g/mol. The van der Waals surface area contributed by atoms with Crippen molar-refractivity contribution in [2.75, 3.05) is 38.7 Å². The highest BCUT2D eigenvalue weighted by atomic mass is 32.2. The van der Waals surface area contributed by atoms with Gasteiger partial charge in [0.25, 0.3) is 5.91 Å². The van der Waals surface area contributed by atoms with Crippen LogP contribution in [0.25, 0.3) is 0 Å². The van der Waals surface area contributed by atoms with Gasteiger partial charge in [-0.2, -0.15) is 17.5 Å². The van der Waals surface area contributed by atoms with Gasteiger partial charge in [-0.05, 0) is 38.1 Å². The lowest BCUT2D eigenvalue weighted by molar-refractivity contribution is -0.141. The minimum absolute atomic E-state index is 0.0696. The smallest absolute Gasteiger partial charge is 0.406 e. The lowest BCUT2D eigenvalue weighted by Crippen LogP contribution is -2.40. The lowest BCUT2D eigenvalue weighted by Gasteiger charge is -2.26. The van der Waals surface area contributed by atoms with Gasteiger partial charge in [0.2, 0.25) is 10.0 Å². The number of nitrogens with zero attached hydrogens (tertiary/aromatic N) is 2. The third-order valence-corrected chi connectivity index (χ3v) is 7.08. The van der Waals surface area contributed by atoms with Gasteiger partial charge in [0, 0.05) is 30.2 Å². The molecular weight excluding hydrogens is 451 g/mol. The molecule has 0 unspecified atom stereocenters. The Hall–Kier alpha value is -2.57. The van der Waals surface area contributed by atoms with Crippen molar-refractivity contribution < 1.29 is 35.9 Å². The van der Waals surface area contributed by atoms with Gasteiger partial charge in [-0.25, -0.2) is 8.42 Å². The number of halogens is 3. The maximum absolute atomic E-state index is 13.1. The molecule has 0 bridgehead atoms. The molecule has 32 heavy (non-hydrogen) atoms. The molecule has 0 radical (unpaired) electrons. The third-order valence-electron chi connectivity index (χ3n) is 5.17. The number of benzene rings is 1. The van der Waals surface area contributed by atoms with Crippen LogP contribution < -0.4 is 10.1 Å². The molecule has 3 rings (SSSR count). The second-order valence-corrected chi connectivity index (χ2v) is 9.23. The van der Waals surface area contributed by atoms with E-state index in [2.05, 4.69) is 5.32 Å². The molecule has 1 aromatic heterocycles. The number of morpholine rings is 1. The number of ether oxygens (including phenoxy) is 2. The summed E-state index contributed by atoms with van der Waals surface area (Å²) in [4.78, 5) is 12.6. The quantitative estimate of drug-likeness (QED) is 0.694. The Morgan fingerprint density at radius 3 is 2.44 bits per heavy atom. The first-order chi connectivity index (χ1) is 14.9. The largest absolute Gasteiger partial charge is 0.495 e. The number of aryl methyl sites for hydroxylation is 1. The van der Waals surface area contributed by atoms with Crippen molar-refractivity contribution >= 4 is 21.6 Å². The van der Waals surface area contributed by atoms with Gasteiger partial charge < -0.3 is 19.4 Å². The van der Waals surface area contributed by atoms with Crippen LogP contribution in [0.15, 0.2) is 29.2 Å². The van der Waals surface area contributed by atoms with E-state index in [0.29, 0.717) is 0 Å². The van der Waals surface area contributed by atoms with E-state index in [9.17, 15) is 26.4 Å². The Morgan fingerprint density at radius 1 is 1.19 bits per heavy atom. The van der Waals surface area contributed by atoms with Crippen molar-refractivity contribution in [2.24, 2.45) is 0 Å². The van der Waals surface area contributed by atoms with Gasteiger partial charge in [-0.3, -0.25) is 4.79 Å². The highest BCUT2D eigenvalue weighted by Gasteiger charge is 2.31. The second kappa shape index (κ2) is 9.12. The Balaban J connectivity index is 1.89. The second-order valence-electron chi connectivity index (χ2n) is 7.32. The van der Waals surface area contributed by atoms with Crippen LogP contribution in [-0.2, 0) is 21.3 Å². The van der Waals surface area contributed by atoms with Crippen molar-refractivity contribution in [1.29, 1.82) is 0 Å². The van der Waals surface area contributed by atoms with E-state index in [1.807, 2.05) is 0 Å². The van der Waals surface area contributed by atoms with E-state index in [1.54, 1.807) is 0 Å². The van der Waals surface area contributed by atoms with E-state index < -0.39 is 28.7 Å².